The fraction of sp³-hybridized carbons (Fsp3) is 0.545. The van der Waals surface area contributed by atoms with Gasteiger partial charge in [-0.15, -0.1) is 0 Å². The van der Waals surface area contributed by atoms with E-state index in [0.717, 1.165) is 6.54 Å². The molecule has 1 saturated carbocycles. The summed E-state index contributed by atoms with van der Waals surface area (Å²) in [5.74, 6) is 0. The van der Waals surface area contributed by atoms with Crippen molar-refractivity contribution in [1.82, 2.24) is 10.3 Å². The number of hydrogen-bond acceptors (Lipinski definition) is 2. The molecule has 1 unspecified atom stereocenters. The molecule has 2 rings (SSSR count). The van der Waals surface area contributed by atoms with Crippen LogP contribution in [0.5, 0.6) is 0 Å². The van der Waals surface area contributed by atoms with E-state index in [1.54, 1.807) is 0 Å². The second-order valence-corrected chi connectivity index (χ2v) is 4.49. The molecule has 1 heterocycles. The Bertz CT molecular complexity index is 279. The minimum absolute atomic E-state index is 0.516. The smallest absolute Gasteiger partial charge is 0.0312 e. The van der Waals surface area contributed by atoms with Crippen molar-refractivity contribution < 1.29 is 0 Å². The molecule has 2 nitrogen and oxygen atoms in total. The predicted octanol–water partition coefficient (Wildman–Crippen LogP) is 1.97. The van der Waals surface area contributed by atoms with Crippen molar-refractivity contribution in [2.75, 3.05) is 0 Å². The molecule has 0 aliphatic heterocycles. The van der Waals surface area contributed by atoms with Crippen LogP contribution in [-0.2, 0) is 6.54 Å². The zero-order valence-corrected chi connectivity index (χ0v) is 8.25. The Morgan fingerprint density at radius 2 is 2.38 bits per heavy atom. The van der Waals surface area contributed by atoms with Gasteiger partial charge in [-0.2, -0.15) is 0 Å². The number of rotatable bonds is 3. The van der Waals surface area contributed by atoms with E-state index in [2.05, 4.69) is 30.2 Å². The molecule has 0 bridgehead atoms. The Kier molecular flexibility index (Phi) is 2.08. The Morgan fingerprint density at radius 3 is 2.92 bits per heavy atom. The maximum absolute atomic E-state index is 4.08. The number of nitrogens with zero attached hydrogens (tertiary/aromatic N) is 1. The van der Waals surface area contributed by atoms with Gasteiger partial charge in [0.05, 0.1) is 0 Å². The van der Waals surface area contributed by atoms with Crippen molar-refractivity contribution in [3.05, 3.63) is 30.1 Å². The van der Waals surface area contributed by atoms with Gasteiger partial charge in [0, 0.05) is 25.0 Å². The van der Waals surface area contributed by atoms with Crippen molar-refractivity contribution in [3.8, 4) is 0 Å². The van der Waals surface area contributed by atoms with Crippen molar-refractivity contribution in [3.63, 3.8) is 0 Å². The summed E-state index contributed by atoms with van der Waals surface area (Å²) in [5, 5.41) is 3.52. The van der Waals surface area contributed by atoms with Gasteiger partial charge in [-0.05, 0) is 23.5 Å². The summed E-state index contributed by atoms with van der Waals surface area (Å²) in [5.41, 5.74) is 1.78. The highest BCUT2D eigenvalue weighted by Gasteiger charge is 2.44. The van der Waals surface area contributed by atoms with Gasteiger partial charge in [0.25, 0.3) is 0 Å². The van der Waals surface area contributed by atoms with E-state index < -0.39 is 0 Å². The lowest BCUT2D eigenvalue weighted by Gasteiger charge is -2.05. The first-order valence-corrected chi connectivity index (χ1v) is 4.81. The van der Waals surface area contributed by atoms with Gasteiger partial charge in [-0.3, -0.25) is 4.98 Å². The molecular weight excluding hydrogens is 160 g/mol. The molecule has 0 aromatic carbocycles. The molecular formula is C11H16N2. The molecule has 0 spiro atoms. The third-order valence-corrected chi connectivity index (χ3v) is 2.79. The van der Waals surface area contributed by atoms with Gasteiger partial charge in [0.1, 0.15) is 0 Å². The summed E-state index contributed by atoms with van der Waals surface area (Å²) in [6.45, 7) is 5.55. The van der Waals surface area contributed by atoms with Crippen LogP contribution < -0.4 is 5.32 Å². The standard InChI is InChI=1S/C11H16N2/c1-11(2)6-10(11)13-8-9-4-3-5-12-7-9/h3-5,7,10,13H,6,8H2,1-2H3. The minimum Gasteiger partial charge on any atom is -0.309 e. The molecule has 0 saturated heterocycles. The van der Waals surface area contributed by atoms with E-state index >= 15 is 0 Å². The molecule has 1 atom stereocenters. The Labute approximate surface area is 79.4 Å². The first-order valence-electron chi connectivity index (χ1n) is 4.81. The average molecular weight is 176 g/mol. The molecule has 1 aromatic heterocycles. The lowest BCUT2D eigenvalue weighted by Crippen LogP contribution is -2.19. The van der Waals surface area contributed by atoms with Crippen LogP contribution in [0.1, 0.15) is 25.8 Å². The molecule has 0 radical (unpaired) electrons. The minimum atomic E-state index is 0.516. The first-order chi connectivity index (χ1) is 6.18. The highest BCUT2D eigenvalue weighted by atomic mass is 15.0. The molecule has 1 aromatic rings. The maximum Gasteiger partial charge on any atom is 0.0312 e. The lowest BCUT2D eigenvalue weighted by molar-refractivity contribution is 0.541. The fourth-order valence-electron chi connectivity index (χ4n) is 1.56. The van der Waals surface area contributed by atoms with Crippen molar-refractivity contribution in [2.24, 2.45) is 5.41 Å². The first kappa shape index (κ1) is 8.70. The van der Waals surface area contributed by atoms with Crippen LogP contribution in [0.4, 0.5) is 0 Å². The van der Waals surface area contributed by atoms with Crippen molar-refractivity contribution >= 4 is 0 Å². The zero-order valence-electron chi connectivity index (χ0n) is 8.25. The van der Waals surface area contributed by atoms with Gasteiger partial charge in [0.2, 0.25) is 0 Å². The average Bonchev–Trinajstić information content (AvgIpc) is 2.73. The van der Waals surface area contributed by atoms with Crippen molar-refractivity contribution in [2.45, 2.75) is 32.9 Å². The Morgan fingerprint density at radius 1 is 1.62 bits per heavy atom. The van der Waals surface area contributed by atoms with E-state index in [-0.39, 0.29) is 0 Å². The molecule has 1 N–H and O–H groups in total. The van der Waals surface area contributed by atoms with Gasteiger partial charge in [-0.1, -0.05) is 19.9 Å². The Hall–Kier alpha value is -0.890. The molecule has 1 fully saturated rings. The number of nitrogens with one attached hydrogen (secondary N) is 1. The van der Waals surface area contributed by atoms with Gasteiger partial charge in [0.15, 0.2) is 0 Å². The number of pyridine rings is 1. The van der Waals surface area contributed by atoms with Crippen LogP contribution in [0.25, 0.3) is 0 Å². The highest BCUT2D eigenvalue weighted by molar-refractivity contribution is 5.10. The summed E-state index contributed by atoms with van der Waals surface area (Å²) in [6.07, 6.45) is 5.03. The fourth-order valence-corrected chi connectivity index (χ4v) is 1.56. The lowest BCUT2D eigenvalue weighted by atomic mass is 10.2. The van der Waals surface area contributed by atoms with E-state index in [1.165, 1.54) is 12.0 Å². The SMILES string of the molecule is CC1(C)CC1NCc1cccnc1. The van der Waals surface area contributed by atoms with Gasteiger partial charge >= 0.3 is 0 Å². The molecule has 0 amide bonds. The number of aromatic nitrogens is 1. The van der Waals surface area contributed by atoms with E-state index in [4.69, 9.17) is 0 Å². The summed E-state index contributed by atoms with van der Waals surface area (Å²) in [7, 11) is 0. The third kappa shape index (κ3) is 2.07. The van der Waals surface area contributed by atoms with Gasteiger partial charge in [-0.25, -0.2) is 0 Å². The summed E-state index contributed by atoms with van der Waals surface area (Å²) >= 11 is 0. The van der Waals surface area contributed by atoms with E-state index in [9.17, 15) is 0 Å². The van der Waals surface area contributed by atoms with Crippen LogP contribution in [-0.4, -0.2) is 11.0 Å². The topological polar surface area (TPSA) is 24.9 Å². The second kappa shape index (κ2) is 3.11. The predicted molar refractivity (Wildman–Crippen MR) is 53.3 cm³/mol. The van der Waals surface area contributed by atoms with E-state index in [0.29, 0.717) is 11.5 Å². The third-order valence-electron chi connectivity index (χ3n) is 2.79. The van der Waals surface area contributed by atoms with Crippen LogP contribution >= 0.6 is 0 Å². The normalized spacial score (nSPS) is 24.3. The molecule has 2 heteroatoms. The van der Waals surface area contributed by atoms with Crippen LogP contribution in [0.3, 0.4) is 0 Å². The molecule has 70 valence electrons. The van der Waals surface area contributed by atoms with Crippen LogP contribution in [0.15, 0.2) is 24.5 Å². The van der Waals surface area contributed by atoms with Gasteiger partial charge < -0.3 is 5.32 Å². The van der Waals surface area contributed by atoms with Crippen LogP contribution in [0.2, 0.25) is 0 Å². The summed E-state index contributed by atoms with van der Waals surface area (Å²) < 4.78 is 0. The zero-order chi connectivity index (χ0) is 9.31. The molecule has 1 aliphatic rings. The maximum atomic E-state index is 4.08. The highest BCUT2D eigenvalue weighted by Crippen LogP contribution is 2.44. The monoisotopic (exact) mass is 176 g/mol. The largest absolute Gasteiger partial charge is 0.309 e. The summed E-state index contributed by atoms with van der Waals surface area (Å²) in [4.78, 5) is 4.08. The summed E-state index contributed by atoms with van der Waals surface area (Å²) in [6, 6.07) is 4.79. The second-order valence-electron chi connectivity index (χ2n) is 4.49. The van der Waals surface area contributed by atoms with Crippen LogP contribution in [0, 0.1) is 5.41 Å². The molecule has 1 aliphatic carbocycles. The number of hydrogen-bond donors (Lipinski definition) is 1. The van der Waals surface area contributed by atoms with Crippen molar-refractivity contribution in [1.29, 1.82) is 0 Å². The molecule has 13 heavy (non-hydrogen) atoms. The Balaban J connectivity index is 1.82. The van der Waals surface area contributed by atoms with E-state index in [1.807, 2.05) is 18.5 Å². The quantitative estimate of drug-likeness (QED) is 0.761.